The van der Waals surface area contributed by atoms with Crippen molar-refractivity contribution in [1.29, 1.82) is 0 Å². The van der Waals surface area contributed by atoms with E-state index in [-0.39, 0.29) is 18.2 Å². The number of carbonyl (C=O) groups excluding carboxylic acids is 2. The van der Waals surface area contributed by atoms with Gasteiger partial charge in [-0.25, -0.2) is 5.43 Å². The van der Waals surface area contributed by atoms with Crippen LogP contribution >= 0.6 is 15.9 Å². The van der Waals surface area contributed by atoms with E-state index in [1.54, 1.807) is 25.1 Å². The van der Waals surface area contributed by atoms with Gasteiger partial charge < -0.3 is 5.32 Å². The molecule has 0 aliphatic heterocycles. The van der Waals surface area contributed by atoms with Crippen molar-refractivity contribution in [2.75, 3.05) is 5.32 Å². The lowest BCUT2D eigenvalue weighted by Crippen LogP contribution is -2.21. The Kier molecular flexibility index (Phi) is 5.98. The van der Waals surface area contributed by atoms with Gasteiger partial charge in [0, 0.05) is 21.4 Å². The number of rotatable bonds is 5. The van der Waals surface area contributed by atoms with Crippen LogP contribution in [-0.2, 0) is 4.79 Å². The summed E-state index contributed by atoms with van der Waals surface area (Å²) in [5.41, 5.74) is 4.29. The first-order valence-corrected chi connectivity index (χ1v) is 9.19. The highest BCUT2D eigenvalue weighted by Gasteiger charge is 2.10. The lowest BCUT2D eigenvalue weighted by atomic mass is 10.0. The van der Waals surface area contributed by atoms with E-state index in [4.69, 9.17) is 0 Å². The minimum Gasteiger partial charge on any atom is -0.326 e. The first kappa shape index (κ1) is 18.8. The fourth-order valence-electron chi connectivity index (χ4n) is 2.64. The monoisotopic (exact) mass is 423 g/mol. The Morgan fingerprint density at radius 2 is 1.67 bits per heavy atom. The number of halogens is 1. The van der Waals surface area contributed by atoms with Gasteiger partial charge in [-0.05, 0) is 48.0 Å². The van der Waals surface area contributed by atoms with E-state index in [1.807, 2.05) is 48.5 Å². The summed E-state index contributed by atoms with van der Waals surface area (Å²) in [5.74, 6) is -0.502. The molecule has 2 N–H and O–H groups in total. The van der Waals surface area contributed by atoms with Crippen LogP contribution in [0.2, 0.25) is 0 Å². The number of hydrogen-bond acceptors (Lipinski definition) is 3. The van der Waals surface area contributed by atoms with E-state index in [9.17, 15) is 9.59 Å². The zero-order valence-corrected chi connectivity index (χ0v) is 16.3. The molecular formula is C21H18BrN3O2. The molecule has 0 aliphatic rings. The molecule has 0 unspecified atom stereocenters. The Balaban J connectivity index is 1.61. The number of nitrogens with one attached hydrogen (secondary N) is 2. The molecule has 0 fully saturated rings. The van der Waals surface area contributed by atoms with Crippen LogP contribution in [0.5, 0.6) is 0 Å². The molecule has 0 heterocycles. The standard InChI is InChI=1S/C21H18BrN3O2/c1-14(13-20(26)23-17-11-9-16(22)10-12-17)24-25-21(27)19-8-4-6-15-5-2-3-7-18(15)19/h2-12H,13H2,1H3,(H,23,26)(H,25,27)/b24-14-. The Morgan fingerprint density at radius 1 is 0.963 bits per heavy atom. The summed E-state index contributed by atoms with van der Waals surface area (Å²) in [5, 5.41) is 8.69. The topological polar surface area (TPSA) is 70.6 Å². The van der Waals surface area contributed by atoms with E-state index in [0.29, 0.717) is 17.0 Å². The molecule has 5 nitrogen and oxygen atoms in total. The summed E-state index contributed by atoms with van der Waals surface area (Å²) in [6.07, 6.45) is 0.0892. The molecule has 3 aromatic carbocycles. The van der Waals surface area contributed by atoms with E-state index in [0.717, 1.165) is 15.2 Å². The highest BCUT2D eigenvalue weighted by Crippen LogP contribution is 2.18. The lowest BCUT2D eigenvalue weighted by molar-refractivity contribution is -0.115. The van der Waals surface area contributed by atoms with E-state index < -0.39 is 0 Å². The summed E-state index contributed by atoms with van der Waals surface area (Å²) >= 11 is 3.35. The molecule has 0 saturated heterocycles. The van der Waals surface area contributed by atoms with Gasteiger partial charge in [0.15, 0.2) is 0 Å². The van der Waals surface area contributed by atoms with Gasteiger partial charge in [-0.1, -0.05) is 52.3 Å². The van der Waals surface area contributed by atoms with Gasteiger partial charge in [-0.3, -0.25) is 9.59 Å². The van der Waals surface area contributed by atoms with Crippen molar-refractivity contribution in [1.82, 2.24) is 5.43 Å². The molecule has 0 saturated carbocycles. The highest BCUT2D eigenvalue weighted by atomic mass is 79.9. The molecule has 3 rings (SSSR count). The number of benzene rings is 3. The van der Waals surface area contributed by atoms with Crippen molar-refractivity contribution in [2.24, 2.45) is 5.10 Å². The quantitative estimate of drug-likeness (QED) is 0.459. The van der Waals surface area contributed by atoms with Crippen LogP contribution in [0.1, 0.15) is 23.7 Å². The second-order valence-electron chi connectivity index (χ2n) is 6.05. The molecule has 136 valence electrons. The van der Waals surface area contributed by atoms with Crippen molar-refractivity contribution >= 4 is 49.9 Å². The molecule has 2 amide bonds. The third-order valence-corrected chi connectivity index (χ3v) is 4.46. The molecule has 6 heteroatoms. The van der Waals surface area contributed by atoms with Crippen molar-refractivity contribution in [3.63, 3.8) is 0 Å². The van der Waals surface area contributed by atoms with Gasteiger partial charge in [-0.2, -0.15) is 5.10 Å². The third kappa shape index (κ3) is 5.01. The summed E-state index contributed by atoms with van der Waals surface area (Å²) in [6.45, 7) is 1.70. The van der Waals surface area contributed by atoms with Crippen LogP contribution in [0.4, 0.5) is 5.69 Å². The van der Waals surface area contributed by atoms with Gasteiger partial charge in [-0.15, -0.1) is 0 Å². The van der Waals surface area contributed by atoms with Crippen LogP contribution in [0.25, 0.3) is 10.8 Å². The molecule has 0 aromatic heterocycles. The fourth-order valence-corrected chi connectivity index (χ4v) is 2.90. The fraction of sp³-hybridized carbons (Fsp3) is 0.0952. The highest BCUT2D eigenvalue weighted by molar-refractivity contribution is 9.10. The second-order valence-corrected chi connectivity index (χ2v) is 6.96. The zero-order chi connectivity index (χ0) is 19.2. The van der Waals surface area contributed by atoms with Crippen LogP contribution in [0.3, 0.4) is 0 Å². The van der Waals surface area contributed by atoms with Crippen LogP contribution in [0.15, 0.2) is 76.3 Å². The molecule has 0 bridgehead atoms. The maximum Gasteiger partial charge on any atom is 0.271 e. The summed E-state index contributed by atoms with van der Waals surface area (Å²) < 4.78 is 0.939. The van der Waals surface area contributed by atoms with Gasteiger partial charge in [0.05, 0.1) is 6.42 Å². The van der Waals surface area contributed by atoms with Gasteiger partial charge >= 0.3 is 0 Å². The van der Waals surface area contributed by atoms with E-state index >= 15 is 0 Å². The minimum atomic E-state index is -0.306. The third-order valence-electron chi connectivity index (χ3n) is 3.93. The normalized spacial score (nSPS) is 11.3. The Hall–Kier alpha value is -2.99. The smallest absolute Gasteiger partial charge is 0.271 e. The Labute approximate surface area is 165 Å². The molecule has 0 aliphatic carbocycles. The zero-order valence-electron chi connectivity index (χ0n) is 14.7. The number of nitrogens with zero attached hydrogens (tertiary/aromatic N) is 1. The summed E-state index contributed by atoms with van der Waals surface area (Å²) in [4.78, 5) is 24.5. The molecule has 0 spiro atoms. The summed E-state index contributed by atoms with van der Waals surface area (Å²) in [6, 6.07) is 20.5. The second kappa shape index (κ2) is 8.60. The average molecular weight is 424 g/mol. The van der Waals surface area contributed by atoms with Crippen molar-refractivity contribution < 1.29 is 9.59 Å². The van der Waals surface area contributed by atoms with Crippen LogP contribution in [0, 0.1) is 0 Å². The van der Waals surface area contributed by atoms with E-state index in [1.165, 1.54) is 0 Å². The lowest BCUT2D eigenvalue weighted by Gasteiger charge is -2.07. The number of anilines is 1. The molecule has 0 atom stereocenters. The van der Waals surface area contributed by atoms with E-state index in [2.05, 4.69) is 31.8 Å². The summed E-state index contributed by atoms with van der Waals surface area (Å²) in [7, 11) is 0. The number of hydrazone groups is 1. The maximum absolute atomic E-state index is 12.4. The van der Waals surface area contributed by atoms with Crippen molar-refractivity contribution in [3.8, 4) is 0 Å². The molecule has 0 radical (unpaired) electrons. The van der Waals surface area contributed by atoms with Gasteiger partial charge in [0.25, 0.3) is 5.91 Å². The van der Waals surface area contributed by atoms with Crippen molar-refractivity contribution in [3.05, 3.63) is 76.8 Å². The molecule has 27 heavy (non-hydrogen) atoms. The maximum atomic E-state index is 12.4. The van der Waals surface area contributed by atoms with Crippen LogP contribution < -0.4 is 10.7 Å². The Morgan fingerprint density at radius 3 is 2.44 bits per heavy atom. The SMILES string of the molecule is C/C(CC(=O)Nc1ccc(Br)cc1)=N/NC(=O)c1cccc2ccccc12. The average Bonchev–Trinajstić information content (AvgIpc) is 2.67. The number of carbonyl (C=O) groups is 2. The first-order valence-electron chi connectivity index (χ1n) is 8.39. The number of fused-ring (bicyclic) bond motifs is 1. The van der Waals surface area contributed by atoms with Gasteiger partial charge in [0.2, 0.25) is 5.91 Å². The number of amides is 2. The first-order chi connectivity index (χ1) is 13.0. The largest absolute Gasteiger partial charge is 0.326 e. The number of hydrogen-bond donors (Lipinski definition) is 2. The predicted octanol–water partition coefficient (Wildman–Crippen LogP) is 4.74. The molecule has 3 aromatic rings. The Bertz CT molecular complexity index is 1010. The molecular weight excluding hydrogens is 406 g/mol. The minimum absolute atomic E-state index is 0.0892. The predicted molar refractivity (Wildman–Crippen MR) is 112 cm³/mol. The van der Waals surface area contributed by atoms with Crippen LogP contribution in [-0.4, -0.2) is 17.5 Å². The van der Waals surface area contributed by atoms with Crippen molar-refractivity contribution in [2.45, 2.75) is 13.3 Å². The van der Waals surface area contributed by atoms with Gasteiger partial charge in [0.1, 0.15) is 0 Å².